The van der Waals surface area contributed by atoms with Gasteiger partial charge in [0.15, 0.2) is 0 Å². The van der Waals surface area contributed by atoms with Crippen LogP contribution in [0.25, 0.3) is 0 Å². The first-order chi connectivity index (χ1) is 17.0. The Balaban J connectivity index is 1.35. The molecule has 1 saturated heterocycles. The lowest BCUT2D eigenvalue weighted by atomic mass is 9.81. The predicted molar refractivity (Wildman–Crippen MR) is 133 cm³/mol. The van der Waals surface area contributed by atoms with Crippen molar-refractivity contribution in [1.29, 1.82) is 0 Å². The predicted octanol–water partition coefficient (Wildman–Crippen LogP) is 4.11. The van der Waals surface area contributed by atoms with Crippen LogP contribution in [-0.2, 0) is 16.1 Å². The molecule has 0 bridgehead atoms. The van der Waals surface area contributed by atoms with Gasteiger partial charge in [0.2, 0.25) is 5.91 Å². The van der Waals surface area contributed by atoms with Crippen LogP contribution in [0, 0.1) is 5.92 Å². The highest BCUT2D eigenvalue weighted by molar-refractivity contribution is 7.99. The summed E-state index contributed by atoms with van der Waals surface area (Å²) in [7, 11) is 0. The maximum absolute atomic E-state index is 13.2. The average molecular weight is 498 g/mol. The fourth-order valence-electron chi connectivity index (χ4n) is 4.94. The molecule has 2 fully saturated rings. The van der Waals surface area contributed by atoms with Crippen molar-refractivity contribution in [3.05, 3.63) is 66.2 Å². The Hall–Kier alpha value is -3.20. The number of thioether (sulfide) groups is 1. The molecule has 4 atom stereocenters. The number of ether oxygens (including phenoxy) is 1. The number of amides is 3. The van der Waals surface area contributed by atoms with Crippen LogP contribution >= 0.6 is 11.8 Å². The van der Waals surface area contributed by atoms with Crippen LogP contribution in [0.4, 0.5) is 9.59 Å². The van der Waals surface area contributed by atoms with E-state index in [1.807, 2.05) is 53.4 Å². The number of nitrogens with zero attached hydrogens (tertiary/aromatic N) is 1. The summed E-state index contributed by atoms with van der Waals surface area (Å²) in [6, 6.07) is 18.8. The van der Waals surface area contributed by atoms with Gasteiger partial charge in [0.05, 0.1) is 0 Å². The minimum Gasteiger partial charge on any atom is -0.465 e. The lowest BCUT2D eigenvalue weighted by Gasteiger charge is -2.41. The molecule has 2 unspecified atom stereocenters. The molecule has 2 aromatic rings. The van der Waals surface area contributed by atoms with Gasteiger partial charge in [0.25, 0.3) is 0 Å². The number of carbonyl (C=O) groups is 3. The standard InChI is InChI=1S/C26H31N3O5S/c30-24-22(28-26(33)34-16-18-7-3-1-4-8-18)13-14-29(24)23-12-11-20(27-25(31)32)15-19(23)17-35-21-9-5-2-6-10-21/h1-10,19-20,22-23,27H,11-17H2,(H,28,33)(H,31,32)/t19-,20?,22?,23-/m0/s1. The van der Waals surface area contributed by atoms with Crippen molar-refractivity contribution in [1.82, 2.24) is 15.5 Å². The van der Waals surface area contributed by atoms with E-state index in [9.17, 15) is 19.5 Å². The van der Waals surface area contributed by atoms with E-state index in [-0.39, 0.29) is 30.5 Å². The summed E-state index contributed by atoms with van der Waals surface area (Å²) in [4.78, 5) is 39.8. The van der Waals surface area contributed by atoms with Crippen molar-refractivity contribution >= 4 is 29.9 Å². The summed E-state index contributed by atoms with van der Waals surface area (Å²) in [6.45, 7) is 0.716. The molecule has 1 aliphatic carbocycles. The van der Waals surface area contributed by atoms with Gasteiger partial charge in [-0.05, 0) is 49.3 Å². The first-order valence-electron chi connectivity index (χ1n) is 11.9. The minimum atomic E-state index is -1.02. The van der Waals surface area contributed by atoms with Gasteiger partial charge in [-0.1, -0.05) is 48.5 Å². The van der Waals surface area contributed by atoms with Gasteiger partial charge in [0.1, 0.15) is 12.6 Å². The molecule has 1 aliphatic heterocycles. The summed E-state index contributed by atoms with van der Waals surface area (Å²) >= 11 is 1.72. The average Bonchev–Trinajstić information content (AvgIpc) is 3.22. The molecule has 1 saturated carbocycles. The van der Waals surface area contributed by atoms with Gasteiger partial charge in [-0.25, -0.2) is 9.59 Å². The number of hydrogen-bond donors (Lipinski definition) is 3. The zero-order valence-corrected chi connectivity index (χ0v) is 20.3. The van der Waals surface area contributed by atoms with Crippen LogP contribution in [0.1, 0.15) is 31.2 Å². The van der Waals surface area contributed by atoms with Gasteiger partial charge in [0, 0.05) is 29.3 Å². The number of benzene rings is 2. The van der Waals surface area contributed by atoms with Crippen molar-refractivity contribution in [3.63, 3.8) is 0 Å². The number of carbonyl (C=O) groups excluding carboxylic acids is 2. The first-order valence-corrected chi connectivity index (χ1v) is 12.9. The molecular formula is C26H31N3O5S. The number of likely N-dealkylation sites (tertiary alicyclic amines) is 1. The summed E-state index contributed by atoms with van der Waals surface area (Å²) in [5.74, 6) is 0.831. The Kier molecular flexibility index (Phi) is 8.52. The molecule has 0 radical (unpaired) electrons. The fraction of sp³-hybridized carbons (Fsp3) is 0.423. The van der Waals surface area contributed by atoms with Crippen LogP contribution in [0.15, 0.2) is 65.6 Å². The molecular weight excluding hydrogens is 466 g/mol. The molecule has 0 spiro atoms. The molecule has 2 aromatic carbocycles. The quantitative estimate of drug-likeness (QED) is 0.474. The second-order valence-corrected chi connectivity index (χ2v) is 10.1. The van der Waals surface area contributed by atoms with Crippen LogP contribution in [-0.4, -0.2) is 58.5 Å². The van der Waals surface area contributed by atoms with E-state index in [1.54, 1.807) is 11.8 Å². The summed E-state index contributed by atoms with van der Waals surface area (Å²) < 4.78 is 5.29. The molecule has 4 rings (SSSR count). The summed E-state index contributed by atoms with van der Waals surface area (Å²) in [5, 5.41) is 14.5. The second-order valence-electron chi connectivity index (χ2n) is 8.99. The third kappa shape index (κ3) is 6.91. The number of hydrogen-bond acceptors (Lipinski definition) is 5. The van der Waals surface area contributed by atoms with Crippen molar-refractivity contribution in [2.24, 2.45) is 5.92 Å². The third-order valence-corrected chi connectivity index (χ3v) is 7.82. The van der Waals surface area contributed by atoms with Gasteiger partial charge in [-0.15, -0.1) is 11.8 Å². The lowest BCUT2D eigenvalue weighted by Crippen LogP contribution is -2.52. The Labute approximate surface area is 209 Å². The lowest BCUT2D eigenvalue weighted by molar-refractivity contribution is -0.132. The van der Waals surface area contributed by atoms with E-state index in [1.165, 1.54) is 0 Å². The molecule has 1 heterocycles. The smallest absolute Gasteiger partial charge is 0.408 e. The van der Waals surface area contributed by atoms with Gasteiger partial charge in [-0.2, -0.15) is 0 Å². The molecule has 3 N–H and O–H groups in total. The van der Waals surface area contributed by atoms with Gasteiger partial charge in [-0.3, -0.25) is 4.79 Å². The van der Waals surface area contributed by atoms with Crippen molar-refractivity contribution in [3.8, 4) is 0 Å². The number of nitrogens with one attached hydrogen (secondary N) is 2. The fourth-order valence-corrected chi connectivity index (χ4v) is 6.05. The second kappa shape index (κ2) is 12.0. The number of carboxylic acid groups (broad SMARTS) is 1. The molecule has 3 amide bonds. The Morgan fingerprint density at radius 2 is 1.71 bits per heavy atom. The largest absolute Gasteiger partial charge is 0.465 e. The van der Waals surface area contributed by atoms with Crippen molar-refractivity contribution in [2.45, 2.75) is 55.3 Å². The van der Waals surface area contributed by atoms with E-state index in [0.29, 0.717) is 25.8 Å². The van der Waals surface area contributed by atoms with Gasteiger partial charge < -0.3 is 25.4 Å². The van der Waals surface area contributed by atoms with Crippen molar-refractivity contribution < 1.29 is 24.2 Å². The van der Waals surface area contributed by atoms with E-state index < -0.39 is 18.2 Å². The SMILES string of the molecule is O=C(O)NC1CC[C@H](N2CCC(NC(=O)OCc3ccccc3)C2=O)[C@H](CSc2ccccc2)C1. The van der Waals surface area contributed by atoms with E-state index in [2.05, 4.69) is 22.8 Å². The number of rotatable bonds is 8. The van der Waals surface area contributed by atoms with Crippen LogP contribution in [0.5, 0.6) is 0 Å². The Morgan fingerprint density at radius 1 is 1.00 bits per heavy atom. The molecule has 35 heavy (non-hydrogen) atoms. The highest BCUT2D eigenvalue weighted by Gasteiger charge is 2.42. The van der Waals surface area contributed by atoms with Crippen LogP contribution < -0.4 is 10.6 Å². The van der Waals surface area contributed by atoms with Crippen LogP contribution in [0.3, 0.4) is 0 Å². The maximum Gasteiger partial charge on any atom is 0.408 e. The Bertz CT molecular complexity index is 1010. The van der Waals surface area contributed by atoms with E-state index >= 15 is 0 Å². The summed E-state index contributed by atoms with van der Waals surface area (Å²) in [5.41, 5.74) is 0.882. The third-order valence-electron chi connectivity index (χ3n) is 6.62. The monoisotopic (exact) mass is 497 g/mol. The van der Waals surface area contributed by atoms with Crippen LogP contribution in [0.2, 0.25) is 0 Å². The summed E-state index contributed by atoms with van der Waals surface area (Å²) in [6.07, 6.45) is 1.01. The normalized spacial score (nSPS) is 24.1. The minimum absolute atomic E-state index is 0.0118. The molecule has 0 aromatic heterocycles. The molecule has 8 nitrogen and oxygen atoms in total. The van der Waals surface area contributed by atoms with Gasteiger partial charge >= 0.3 is 12.2 Å². The van der Waals surface area contributed by atoms with E-state index in [0.717, 1.165) is 22.6 Å². The van der Waals surface area contributed by atoms with E-state index in [4.69, 9.17) is 4.74 Å². The maximum atomic E-state index is 13.2. The zero-order valence-electron chi connectivity index (χ0n) is 19.5. The highest BCUT2D eigenvalue weighted by Crippen LogP contribution is 2.35. The molecule has 2 aliphatic rings. The molecule has 9 heteroatoms. The Morgan fingerprint density at radius 3 is 2.43 bits per heavy atom. The highest BCUT2D eigenvalue weighted by atomic mass is 32.2. The van der Waals surface area contributed by atoms with Crippen molar-refractivity contribution in [2.75, 3.05) is 12.3 Å². The zero-order chi connectivity index (χ0) is 24.6. The first kappa shape index (κ1) is 24.9. The molecule has 186 valence electrons. The number of alkyl carbamates (subject to hydrolysis) is 1. The topological polar surface area (TPSA) is 108 Å².